The van der Waals surface area contributed by atoms with Crippen molar-refractivity contribution in [1.29, 1.82) is 0 Å². The Morgan fingerprint density at radius 1 is 1.46 bits per heavy atom. The van der Waals surface area contributed by atoms with Gasteiger partial charge in [0.25, 0.3) is 0 Å². The van der Waals surface area contributed by atoms with Crippen LogP contribution in [0.25, 0.3) is 0 Å². The first-order valence-electron chi connectivity index (χ1n) is 4.58. The van der Waals surface area contributed by atoms with Crippen LogP contribution < -0.4 is 4.74 Å². The zero-order chi connectivity index (χ0) is 9.42. The molecule has 13 heavy (non-hydrogen) atoms. The van der Waals surface area contributed by atoms with Gasteiger partial charge in [-0.15, -0.1) is 0 Å². The normalized spacial score (nSPS) is 20.7. The van der Waals surface area contributed by atoms with E-state index < -0.39 is 0 Å². The molecule has 0 aliphatic carbocycles. The highest BCUT2D eigenvalue weighted by atomic mass is 19.1. The van der Waals surface area contributed by atoms with E-state index in [1.165, 1.54) is 0 Å². The van der Waals surface area contributed by atoms with Crippen molar-refractivity contribution in [2.45, 2.75) is 20.3 Å². The quantitative estimate of drug-likeness (QED) is 0.596. The minimum absolute atomic E-state index is 0.124. The fourth-order valence-corrected chi connectivity index (χ4v) is 1.71. The zero-order valence-corrected chi connectivity index (χ0v) is 7.93. The van der Waals surface area contributed by atoms with Crippen LogP contribution in [-0.2, 0) is 6.42 Å². The molecule has 70 valence electrons. The van der Waals surface area contributed by atoms with Crippen molar-refractivity contribution in [3.63, 3.8) is 0 Å². The van der Waals surface area contributed by atoms with E-state index in [2.05, 4.69) is 6.92 Å². The van der Waals surface area contributed by atoms with E-state index in [4.69, 9.17) is 4.74 Å². The smallest absolute Gasteiger partial charge is 0.130 e. The van der Waals surface area contributed by atoms with E-state index in [9.17, 15) is 4.39 Å². The van der Waals surface area contributed by atoms with Crippen LogP contribution in [0.1, 0.15) is 18.1 Å². The minimum Gasteiger partial charge on any atom is -0.493 e. The van der Waals surface area contributed by atoms with Crippen molar-refractivity contribution < 1.29 is 9.13 Å². The molecule has 2 heteroatoms. The molecular formula is C11H13FO. The summed E-state index contributed by atoms with van der Waals surface area (Å²) in [5.74, 6) is 1.03. The van der Waals surface area contributed by atoms with Crippen molar-refractivity contribution in [1.82, 2.24) is 0 Å². The topological polar surface area (TPSA) is 9.23 Å². The Morgan fingerprint density at radius 2 is 2.23 bits per heavy atom. The van der Waals surface area contributed by atoms with Crippen LogP contribution in [0.5, 0.6) is 5.75 Å². The van der Waals surface area contributed by atoms with Crippen molar-refractivity contribution in [3.8, 4) is 5.75 Å². The first-order valence-corrected chi connectivity index (χ1v) is 4.58. The molecule has 0 fully saturated rings. The molecule has 0 spiro atoms. The van der Waals surface area contributed by atoms with Crippen molar-refractivity contribution in [3.05, 3.63) is 29.1 Å². The largest absolute Gasteiger partial charge is 0.493 e. The molecule has 1 unspecified atom stereocenters. The standard InChI is InChI=1S/C11H13FO/c1-7-4-10(12)9-3-8(2)6-13-11(9)5-7/h4-5,8H,3,6H2,1-2H3. The highest BCUT2D eigenvalue weighted by Gasteiger charge is 2.19. The number of fused-ring (bicyclic) bond motifs is 1. The summed E-state index contributed by atoms with van der Waals surface area (Å²) in [5.41, 5.74) is 1.66. The van der Waals surface area contributed by atoms with Crippen LogP contribution in [0.3, 0.4) is 0 Å². The van der Waals surface area contributed by atoms with Gasteiger partial charge >= 0.3 is 0 Å². The third kappa shape index (κ3) is 1.53. The van der Waals surface area contributed by atoms with E-state index >= 15 is 0 Å². The Bertz CT molecular complexity index is 333. The molecular weight excluding hydrogens is 167 g/mol. The second-order valence-electron chi connectivity index (χ2n) is 3.84. The third-order valence-electron chi connectivity index (χ3n) is 2.37. The lowest BCUT2D eigenvalue weighted by atomic mass is 9.97. The molecule has 2 rings (SSSR count). The van der Waals surface area contributed by atoms with Crippen LogP contribution >= 0.6 is 0 Å². The Labute approximate surface area is 77.5 Å². The molecule has 1 aromatic rings. The summed E-state index contributed by atoms with van der Waals surface area (Å²) >= 11 is 0. The highest BCUT2D eigenvalue weighted by Crippen LogP contribution is 2.30. The summed E-state index contributed by atoms with van der Waals surface area (Å²) in [7, 11) is 0. The fourth-order valence-electron chi connectivity index (χ4n) is 1.71. The second-order valence-corrected chi connectivity index (χ2v) is 3.84. The zero-order valence-electron chi connectivity index (χ0n) is 7.93. The molecule has 1 aliphatic rings. The molecule has 1 aliphatic heterocycles. The summed E-state index contributed by atoms with van der Waals surface area (Å²) in [6, 6.07) is 3.48. The molecule has 0 N–H and O–H groups in total. The number of halogens is 1. The average molecular weight is 180 g/mol. The van der Waals surface area contributed by atoms with Gasteiger partial charge in [0.1, 0.15) is 11.6 Å². The number of benzene rings is 1. The second kappa shape index (κ2) is 3.02. The molecule has 1 aromatic carbocycles. The van der Waals surface area contributed by atoms with Gasteiger partial charge in [-0.2, -0.15) is 0 Å². The van der Waals surface area contributed by atoms with Crippen molar-refractivity contribution >= 4 is 0 Å². The molecule has 0 bridgehead atoms. The maximum atomic E-state index is 13.4. The minimum atomic E-state index is -0.124. The molecule has 0 amide bonds. The maximum absolute atomic E-state index is 13.4. The Balaban J connectivity index is 2.47. The van der Waals surface area contributed by atoms with Gasteiger partial charge in [-0.1, -0.05) is 6.92 Å². The number of hydrogen-bond donors (Lipinski definition) is 0. The van der Waals surface area contributed by atoms with Gasteiger partial charge in [-0.3, -0.25) is 0 Å². The van der Waals surface area contributed by atoms with E-state index in [0.717, 1.165) is 23.3 Å². The average Bonchev–Trinajstić information content (AvgIpc) is 2.06. The number of aryl methyl sites for hydroxylation is 1. The van der Waals surface area contributed by atoms with Crippen LogP contribution in [0.2, 0.25) is 0 Å². The summed E-state index contributed by atoms with van der Waals surface area (Å²) in [6.45, 7) is 4.66. The van der Waals surface area contributed by atoms with Gasteiger partial charge in [0.2, 0.25) is 0 Å². The van der Waals surface area contributed by atoms with Crippen LogP contribution in [0, 0.1) is 18.7 Å². The molecule has 0 saturated carbocycles. The van der Waals surface area contributed by atoms with Crippen LogP contribution in [0.4, 0.5) is 4.39 Å². The van der Waals surface area contributed by atoms with Gasteiger partial charge in [0, 0.05) is 5.56 Å². The van der Waals surface area contributed by atoms with E-state index in [-0.39, 0.29) is 5.82 Å². The fraction of sp³-hybridized carbons (Fsp3) is 0.455. The van der Waals surface area contributed by atoms with Crippen molar-refractivity contribution in [2.75, 3.05) is 6.61 Å². The number of ether oxygens (including phenoxy) is 1. The van der Waals surface area contributed by atoms with Gasteiger partial charge in [-0.05, 0) is 37.0 Å². The molecule has 1 atom stereocenters. The lowest BCUT2D eigenvalue weighted by Gasteiger charge is -2.23. The molecule has 1 nitrogen and oxygen atoms in total. The van der Waals surface area contributed by atoms with Crippen molar-refractivity contribution in [2.24, 2.45) is 5.92 Å². The molecule has 1 heterocycles. The summed E-state index contributed by atoms with van der Waals surface area (Å²) < 4.78 is 18.9. The molecule has 0 radical (unpaired) electrons. The van der Waals surface area contributed by atoms with Gasteiger partial charge in [0.05, 0.1) is 6.61 Å². The maximum Gasteiger partial charge on any atom is 0.130 e. The number of hydrogen-bond acceptors (Lipinski definition) is 1. The van der Waals surface area contributed by atoms with Gasteiger partial charge in [0.15, 0.2) is 0 Å². The SMILES string of the molecule is Cc1cc(F)c2c(c1)OCC(C)C2. The lowest BCUT2D eigenvalue weighted by molar-refractivity contribution is 0.230. The first-order chi connectivity index (χ1) is 6.16. The summed E-state index contributed by atoms with van der Waals surface area (Å²) in [6.07, 6.45) is 0.793. The Hall–Kier alpha value is -1.05. The number of rotatable bonds is 0. The monoisotopic (exact) mass is 180 g/mol. The van der Waals surface area contributed by atoms with E-state index in [0.29, 0.717) is 12.5 Å². The van der Waals surface area contributed by atoms with E-state index in [1.54, 1.807) is 6.07 Å². The summed E-state index contributed by atoms with van der Waals surface area (Å²) in [5, 5.41) is 0. The Morgan fingerprint density at radius 3 is 3.00 bits per heavy atom. The highest BCUT2D eigenvalue weighted by molar-refractivity contribution is 5.39. The summed E-state index contributed by atoms with van der Waals surface area (Å²) in [4.78, 5) is 0. The predicted molar refractivity (Wildman–Crippen MR) is 49.5 cm³/mol. The van der Waals surface area contributed by atoms with Crippen LogP contribution in [0.15, 0.2) is 12.1 Å². The van der Waals surface area contributed by atoms with E-state index in [1.807, 2.05) is 13.0 Å². The lowest BCUT2D eigenvalue weighted by Crippen LogP contribution is -2.19. The van der Waals surface area contributed by atoms with Crippen LogP contribution in [-0.4, -0.2) is 6.61 Å². The molecule has 0 aromatic heterocycles. The predicted octanol–water partition coefficient (Wildman–Crippen LogP) is 2.71. The Kier molecular flexibility index (Phi) is 1.98. The first kappa shape index (κ1) is 8.54. The van der Waals surface area contributed by atoms with Gasteiger partial charge < -0.3 is 4.74 Å². The van der Waals surface area contributed by atoms with Gasteiger partial charge in [-0.25, -0.2) is 4.39 Å². The third-order valence-corrected chi connectivity index (χ3v) is 2.37. The molecule has 0 saturated heterocycles.